The molecule has 3 aromatic rings. The van der Waals surface area contributed by atoms with Crippen LogP contribution in [0.25, 0.3) is 0 Å². The van der Waals surface area contributed by atoms with Crippen molar-refractivity contribution < 1.29 is 28.6 Å². The molecule has 5 N–H and O–H groups in total. The Morgan fingerprint density at radius 1 is 1.11 bits per heavy atom. The highest BCUT2D eigenvalue weighted by Crippen LogP contribution is 2.40. The fourth-order valence-electron chi connectivity index (χ4n) is 3.80. The number of nitrogen functional groups attached to an aromatic ring is 1. The van der Waals surface area contributed by atoms with Gasteiger partial charge in [-0.15, -0.1) is 0 Å². The Hall–Kier alpha value is -4.32. The zero-order chi connectivity index (χ0) is 26.9. The molecule has 1 aromatic heterocycles. The number of amides is 3. The molecule has 0 saturated carbocycles. The largest absolute Gasteiger partial charge is 0.497 e. The first-order valence-electron chi connectivity index (χ1n) is 11.2. The van der Waals surface area contributed by atoms with Crippen LogP contribution in [0.2, 0.25) is 0 Å². The average molecular weight is 526 g/mol. The summed E-state index contributed by atoms with van der Waals surface area (Å²) < 4.78 is 20.2. The molecule has 194 valence electrons. The Balaban J connectivity index is 1.91. The smallest absolute Gasteiger partial charge is 0.273 e. The molecule has 0 radical (unpaired) electrons. The number of anilines is 2. The molecule has 2 aromatic carbocycles. The van der Waals surface area contributed by atoms with Gasteiger partial charge in [0.25, 0.3) is 11.8 Å². The standard InChI is InChI=1S/C25H27N5O6S/c1-25(2,3)28-23(32)20(13-5-8-15(34-4)9-6-13)30(14-7-10-16-17(11-14)36-12-35-16)24(33)21-18(26)19(22(27)31)29-37-21/h5-11,20H,12,26H2,1-4H3,(H2,27,31)(H,28,32)/t20-/m1/s1. The van der Waals surface area contributed by atoms with Crippen LogP contribution < -0.4 is 35.9 Å². The van der Waals surface area contributed by atoms with Crippen LogP contribution in [0.1, 0.15) is 52.5 Å². The molecule has 0 aliphatic carbocycles. The number of carbonyl (C=O) groups excluding carboxylic acids is 3. The number of fused-ring (bicyclic) bond motifs is 1. The first-order valence-corrected chi connectivity index (χ1v) is 12.0. The van der Waals surface area contributed by atoms with E-state index < -0.39 is 29.3 Å². The number of benzene rings is 2. The third-order valence-corrected chi connectivity index (χ3v) is 6.30. The van der Waals surface area contributed by atoms with Gasteiger partial charge in [0, 0.05) is 17.3 Å². The zero-order valence-corrected chi connectivity index (χ0v) is 21.5. The molecule has 4 rings (SSSR count). The number of carbonyl (C=O) groups is 3. The molecule has 0 saturated heterocycles. The van der Waals surface area contributed by atoms with Crippen LogP contribution in [-0.4, -0.2) is 41.5 Å². The molecule has 37 heavy (non-hydrogen) atoms. The van der Waals surface area contributed by atoms with Gasteiger partial charge in [0.15, 0.2) is 17.2 Å². The average Bonchev–Trinajstić information content (AvgIpc) is 3.47. The van der Waals surface area contributed by atoms with Gasteiger partial charge in [0.05, 0.1) is 12.8 Å². The highest BCUT2D eigenvalue weighted by Gasteiger charge is 2.37. The van der Waals surface area contributed by atoms with Crippen molar-refractivity contribution >= 4 is 40.6 Å². The summed E-state index contributed by atoms with van der Waals surface area (Å²) in [5.41, 5.74) is 11.3. The second-order valence-electron chi connectivity index (χ2n) is 9.27. The SMILES string of the molecule is COc1ccc([C@H](C(=O)NC(C)(C)C)N(C(=O)c2snc(C(N)=O)c2N)c2ccc3c(c2)OCO3)cc1. The van der Waals surface area contributed by atoms with E-state index in [2.05, 4.69) is 9.69 Å². The number of primary amides is 1. The van der Waals surface area contributed by atoms with Crippen LogP contribution in [-0.2, 0) is 4.79 Å². The van der Waals surface area contributed by atoms with Crippen molar-refractivity contribution in [1.82, 2.24) is 9.69 Å². The maximum atomic E-state index is 14.1. The molecule has 12 heteroatoms. The summed E-state index contributed by atoms with van der Waals surface area (Å²) in [6.45, 7) is 5.54. The van der Waals surface area contributed by atoms with Crippen LogP contribution in [0.15, 0.2) is 42.5 Å². The van der Waals surface area contributed by atoms with Crippen LogP contribution in [0.4, 0.5) is 11.4 Å². The normalized spacial score (nSPS) is 13.1. The molecular formula is C25H27N5O6S. The number of methoxy groups -OCH3 is 1. The van der Waals surface area contributed by atoms with Crippen molar-refractivity contribution in [3.8, 4) is 17.2 Å². The number of nitrogens with one attached hydrogen (secondary N) is 1. The van der Waals surface area contributed by atoms with Gasteiger partial charge in [0.1, 0.15) is 16.7 Å². The van der Waals surface area contributed by atoms with Crippen molar-refractivity contribution in [2.45, 2.75) is 32.4 Å². The monoisotopic (exact) mass is 525 g/mol. The van der Waals surface area contributed by atoms with E-state index in [9.17, 15) is 14.4 Å². The molecule has 0 bridgehead atoms. The molecule has 1 aliphatic heterocycles. The lowest BCUT2D eigenvalue weighted by Gasteiger charge is -2.33. The van der Waals surface area contributed by atoms with Gasteiger partial charge >= 0.3 is 0 Å². The molecule has 0 spiro atoms. The summed E-state index contributed by atoms with van der Waals surface area (Å²) in [5.74, 6) is -0.454. The highest BCUT2D eigenvalue weighted by atomic mass is 32.1. The van der Waals surface area contributed by atoms with Crippen LogP contribution in [0, 0.1) is 0 Å². The number of ether oxygens (including phenoxy) is 3. The van der Waals surface area contributed by atoms with Crippen molar-refractivity contribution in [3.63, 3.8) is 0 Å². The molecule has 3 amide bonds. The maximum absolute atomic E-state index is 14.1. The Morgan fingerprint density at radius 2 is 1.78 bits per heavy atom. The summed E-state index contributed by atoms with van der Waals surface area (Å²) in [6, 6.07) is 10.5. The second kappa shape index (κ2) is 9.97. The van der Waals surface area contributed by atoms with Gasteiger partial charge < -0.3 is 31.0 Å². The molecular weight excluding hydrogens is 498 g/mol. The van der Waals surface area contributed by atoms with Crippen molar-refractivity contribution in [2.24, 2.45) is 5.73 Å². The third-order valence-electron chi connectivity index (χ3n) is 5.45. The lowest BCUT2D eigenvalue weighted by Crippen LogP contribution is -2.49. The van der Waals surface area contributed by atoms with Gasteiger partial charge in [-0.1, -0.05) is 12.1 Å². The molecule has 1 atom stereocenters. The van der Waals surface area contributed by atoms with E-state index >= 15 is 0 Å². The number of rotatable bonds is 7. The summed E-state index contributed by atoms with van der Waals surface area (Å²) >= 11 is 0.730. The van der Waals surface area contributed by atoms with Crippen LogP contribution in [0.5, 0.6) is 17.2 Å². The Morgan fingerprint density at radius 3 is 2.38 bits per heavy atom. The first-order chi connectivity index (χ1) is 17.5. The molecule has 2 heterocycles. The van der Waals surface area contributed by atoms with Crippen molar-refractivity contribution in [3.05, 3.63) is 58.6 Å². The first kappa shape index (κ1) is 25.8. The van der Waals surface area contributed by atoms with Crippen molar-refractivity contribution in [2.75, 3.05) is 24.5 Å². The summed E-state index contributed by atoms with van der Waals surface area (Å²) in [5, 5.41) is 2.96. The number of hydrogen-bond acceptors (Lipinski definition) is 9. The van der Waals surface area contributed by atoms with Gasteiger partial charge in [0.2, 0.25) is 12.7 Å². The van der Waals surface area contributed by atoms with Crippen LogP contribution >= 0.6 is 11.5 Å². The topological polar surface area (TPSA) is 159 Å². The van der Waals surface area contributed by atoms with E-state index in [0.717, 1.165) is 11.5 Å². The van der Waals surface area contributed by atoms with E-state index in [4.69, 9.17) is 25.7 Å². The molecule has 11 nitrogen and oxygen atoms in total. The van der Waals surface area contributed by atoms with Gasteiger partial charge in [-0.2, -0.15) is 4.37 Å². The van der Waals surface area contributed by atoms with Crippen LogP contribution in [0.3, 0.4) is 0 Å². The van der Waals surface area contributed by atoms with E-state index in [-0.39, 0.29) is 23.1 Å². The maximum Gasteiger partial charge on any atom is 0.273 e. The fourth-order valence-corrected chi connectivity index (χ4v) is 4.54. The lowest BCUT2D eigenvalue weighted by atomic mass is 10.00. The molecule has 0 fully saturated rings. The Labute approximate surface area is 217 Å². The number of aromatic nitrogens is 1. The summed E-state index contributed by atoms with van der Waals surface area (Å²) in [4.78, 5) is 40.9. The Kier molecular flexibility index (Phi) is 6.94. The summed E-state index contributed by atoms with van der Waals surface area (Å²) in [6.07, 6.45) is 0. The predicted octanol–water partition coefficient (Wildman–Crippen LogP) is 2.86. The second-order valence-corrected chi connectivity index (χ2v) is 10.0. The number of nitrogens with two attached hydrogens (primary N) is 2. The minimum Gasteiger partial charge on any atom is -0.497 e. The Bertz CT molecular complexity index is 1350. The zero-order valence-electron chi connectivity index (χ0n) is 20.7. The van der Waals surface area contributed by atoms with E-state index in [0.29, 0.717) is 28.5 Å². The number of nitrogens with zero attached hydrogens (tertiary/aromatic N) is 2. The van der Waals surface area contributed by atoms with E-state index in [1.807, 2.05) is 20.8 Å². The summed E-state index contributed by atoms with van der Waals surface area (Å²) in [7, 11) is 1.53. The van der Waals surface area contributed by atoms with Gasteiger partial charge in [-0.25, -0.2) is 0 Å². The van der Waals surface area contributed by atoms with Gasteiger partial charge in [-0.05, 0) is 62.1 Å². The number of hydrogen-bond donors (Lipinski definition) is 3. The van der Waals surface area contributed by atoms with Gasteiger partial charge in [-0.3, -0.25) is 19.3 Å². The lowest BCUT2D eigenvalue weighted by molar-refractivity contribution is -0.123. The molecule has 0 unspecified atom stereocenters. The quantitative estimate of drug-likeness (QED) is 0.425. The molecule has 1 aliphatic rings. The fraction of sp³-hybridized carbons (Fsp3) is 0.280. The van der Waals surface area contributed by atoms with E-state index in [1.54, 1.807) is 42.5 Å². The highest BCUT2D eigenvalue weighted by molar-refractivity contribution is 7.09. The van der Waals surface area contributed by atoms with Crippen molar-refractivity contribution in [1.29, 1.82) is 0 Å². The third kappa shape index (κ3) is 5.28. The van der Waals surface area contributed by atoms with E-state index in [1.165, 1.54) is 12.0 Å². The minimum absolute atomic E-state index is 0.0307. The minimum atomic E-state index is -1.14. The predicted molar refractivity (Wildman–Crippen MR) is 138 cm³/mol.